The van der Waals surface area contributed by atoms with Gasteiger partial charge >= 0.3 is 11.9 Å². The second-order valence-electron chi connectivity index (χ2n) is 3.23. The summed E-state index contributed by atoms with van der Waals surface area (Å²) in [7, 11) is 0. The van der Waals surface area contributed by atoms with Crippen LogP contribution in [0.2, 0.25) is 0 Å². The number of hydrogen-bond donors (Lipinski definition) is 3. The number of carbonyl (C=O) groups is 3. The maximum absolute atomic E-state index is 11.1. The van der Waals surface area contributed by atoms with Crippen LogP contribution in [0, 0.1) is 0 Å². The summed E-state index contributed by atoms with van der Waals surface area (Å²) in [6.45, 7) is 1.37. The zero-order valence-electron chi connectivity index (χ0n) is 8.52. The molecule has 0 spiro atoms. The highest BCUT2D eigenvalue weighted by Gasteiger charge is 2.13. The van der Waals surface area contributed by atoms with Gasteiger partial charge in [0.1, 0.15) is 6.04 Å². The minimum Gasteiger partial charge on any atom is -0.481 e. The fourth-order valence-corrected chi connectivity index (χ4v) is 0.937. The molecule has 0 aliphatic carbocycles. The summed E-state index contributed by atoms with van der Waals surface area (Å²) in [6.07, 6.45) is 1.06. The van der Waals surface area contributed by atoms with Crippen LogP contribution in [0.3, 0.4) is 0 Å². The number of carboxylic acid groups (broad SMARTS) is 2. The Morgan fingerprint density at radius 1 is 1.13 bits per heavy atom. The van der Waals surface area contributed by atoms with Crippen LogP contribution in [0.1, 0.15) is 32.6 Å². The SMILES string of the molecule is C[C@H](NC(=O)CCCCC(=O)O)C(=O)O. The Labute approximate surface area is 87.3 Å². The van der Waals surface area contributed by atoms with Gasteiger partial charge in [0, 0.05) is 12.8 Å². The fourth-order valence-electron chi connectivity index (χ4n) is 0.937. The van der Waals surface area contributed by atoms with E-state index in [2.05, 4.69) is 5.32 Å². The third-order valence-corrected chi connectivity index (χ3v) is 1.79. The first-order valence-corrected chi connectivity index (χ1v) is 4.67. The summed E-state index contributed by atoms with van der Waals surface area (Å²) in [6, 6.07) is -0.906. The third-order valence-electron chi connectivity index (χ3n) is 1.79. The number of amides is 1. The molecule has 15 heavy (non-hydrogen) atoms. The lowest BCUT2D eigenvalue weighted by Gasteiger charge is -2.08. The second kappa shape index (κ2) is 6.80. The molecule has 0 aliphatic rings. The summed E-state index contributed by atoms with van der Waals surface area (Å²) in [4.78, 5) is 31.6. The van der Waals surface area contributed by atoms with Crippen molar-refractivity contribution in [2.24, 2.45) is 0 Å². The Kier molecular flexibility index (Phi) is 6.08. The molecule has 3 N–H and O–H groups in total. The molecule has 0 aromatic carbocycles. The average Bonchev–Trinajstić information content (AvgIpc) is 2.12. The van der Waals surface area contributed by atoms with E-state index in [-0.39, 0.29) is 18.7 Å². The van der Waals surface area contributed by atoms with Crippen LogP contribution in [0.5, 0.6) is 0 Å². The molecule has 0 unspecified atom stereocenters. The van der Waals surface area contributed by atoms with Crippen LogP contribution in [0.15, 0.2) is 0 Å². The van der Waals surface area contributed by atoms with Crippen molar-refractivity contribution in [2.75, 3.05) is 0 Å². The molecule has 1 amide bonds. The number of rotatable bonds is 7. The molecule has 6 nitrogen and oxygen atoms in total. The van der Waals surface area contributed by atoms with Crippen LogP contribution >= 0.6 is 0 Å². The molecule has 0 bridgehead atoms. The Bertz CT molecular complexity index is 251. The number of nitrogens with one attached hydrogen (secondary N) is 1. The van der Waals surface area contributed by atoms with Crippen LogP contribution in [-0.4, -0.2) is 34.1 Å². The molecular weight excluding hydrogens is 202 g/mol. The zero-order valence-corrected chi connectivity index (χ0v) is 8.52. The lowest BCUT2D eigenvalue weighted by molar-refractivity contribution is -0.141. The van der Waals surface area contributed by atoms with Crippen LogP contribution < -0.4 is 5.32 Å². The Hall–Kier alpha value is -1.59. The maximum atomic E-state index is 11.1. The molecule has 0 heterocycles. The van der Waals surface area contributed by atoms with Gasteiger partial charge in [-0.05, 0) is 19.8 Å². The third kappa shape index (κ3) is 7.48. The van der Waals surface area contributed by atoms with E-state index in [0.29, 0.717) is 12.8 Å². The summed E-state index contributed by atoms with van der Waals surface area (Å²) >= 11 is 0. The number of carboxylic acids is 2. The maximum Gasteiger partial charge on any atom is 0.325 e. The molecule has 0 radical (unpaired) electrons. The first-order chi connectivity index (χ1) is 6.93. The van der Waals surface area contributed by atoms with Crippen molar-refractivity contribution in [3.8, 4) is 0 Å². The van der Waals surface area contributed by atoms with Gasteiger partial charge < -0.3 is 15.5 Å². The predicted molar refractivity (Wildman–Crippen MR) is 51.3 cm³/mol. The Morgan fingerprint density at radius 3 is 2.13 bits per heavy atom. The smallest absolute Gasteiger partial charge is 0.325 e. The van der Waals surface area contributed by atoms with Gasteiger partial charge in [0.05, 0.1) is 0 Å². The molecule has 1 atom stereocenters. The van der Waals surface area contributed by atoms with Gasteiger partial charge in [0.15, 0.2) is 0 Å². The Morgan fingerprint density at radius 2 is 1.67 bits per heavy atom. The molecule has 86 valence electrons. The van der Waals surface area contributed by atoms with Gasteiger partial charge in [-0.3, -0.25) is 14.4 Å². The van der Waals surface area contributed by atoms with Crippen molar-refractivity contribution >= 4 is 17.8 Å². The highest BCUT2D eigenvalue weighted by Crippen LogP contribution is 2.00. The summed E-state index contributed by atoms with van der Waals surface area (Å²) in [5.74, 6) is -2.35. The molecule has 0 saturated carbocycles. The van der Waals surface area contributed by atoms with E-state index >= 15 is 0 Å². The van der Waals surface area contributed by atoms with Gasteiger partial charge in [0.25, 0.3) is 0 Å². The second-order valence-corrected chi connectivity index (χ2v) is 3.23. The summed E-state index contributed by atoms with van der Waals surface area (Å²) < 4.78 is 0. The van der Waals surface area contributed by atoms with Crippen molar-refractivity contribution in [3.05, 3.63) is 0 Å². The van der Waals surface area contributed by atoms with Crippen molar-refractivity contribution in [1.29, 1.82) is 0 Å². The number of aliphatic carboxylic acids is 2. The quantitative estimate of drug-likeness (QED) is 0.529. The lowest BCUT2D eigenvalue weighted by atomic mass is 10.2. The van der Waals surface area contributed by atoms with Gasteiger partial charge in [-0.2, -0.15) is 0 Å². The van der Waals surface area contributed by atoms with E-state index in [1.807, 2.05) is 0 Å². The molecule has 6 heteroatoms. The molecule has 0 fully saturated rings. The highest BCUT2D eigenvalue weighted by molar-refractivity contribution is 5.83. The van der Waals surface area contributed by atoms with E-state index < -0.39 is 18.0 Å². The molecule has 0 aliphatic heterocycles. The minimum absolute atomic E-state index is 0.0295. The monoisotopic (exact) mass is 217 g/mol. The van der Waals surface area contributed by atoms with Crippen molar-refractivity contribution in [3.63, 3.8) is 0 Å². The van der Waals surface area contributed by atoms with E-state index in [1.54, 1.807) is 0 Å². The molecule has 0 aromatic heterocycles. The first-order valence-electron chi connectivity index (χ1n) is 4.67. The van der Waals surface area contributed by atoms with Crippen LogP contribution in [-0.2, 0) is 14.4 Å². The van der Waals surface area contributed by atoms with Crippen molar-refractivity contribution < 1.29 is 24.6 Å². The van der Waals surface area contributed by atoms with Crippen LogP contribution in [0.4, 0.5) is 0 Å². The van der Waals surface area contributed by atoms with Crippen LogP contribution in [0.25, 0.3) is 0 Å². The molecule has 0 saturated heterocycles. The first kappa shape index (κ1) is 13.4. The van der Waals surface area contributed by atoms with Gasteiger partial charge in [-0.15, -0.1) is 0 Å². The minimum atomic E-state index is -1.09. The Balaban J connectivity index is 3.58. The van der Waals surface area contributed by atoms with Gasteiger partial charge in [-0.1, -0.05) is 0 Å². The topological polar surface area (TPSA) is 104 Å². The fraction of sp³-hybridized carbons (Fsp3) is 0.667. The molecule has 0 rings (SSSR count). The number of carbonyl (C=O) groups excluding carboxylic acids is 1. The zero-order chi connectivity index (χ0) is 11.8. The molecular formula is C9H15NO5. The number of unbranched alkanes of at least 4 members (excludes halogenated alkanes) is 1. The standard InChI is InChI=1S/C9H15NO5/c1-6(9(14)15)10-7(11)4-2-3-5-8(12)13/h6H,2-5H2,1H3,(H,10,11)(H,12,13)(H,14,15)/t6-/m0/s1. The molecule has 0 aromatic rings. The highest BCUT2D eigenvalue weighted by atomic mass is 16.4. The van der Waals surface area contributed by atoms with E-state index in [1.165, 1.54) is 6.92 Å². The van der Waals surface area contributed by atoms with Crippen molar-refractivity contribution in [1.82, 2.24) is 5.32 Å². The normalized spacial score (nSPS) is 11.8. The lowest BCUT2D eigenvalue weighted by Crippen LogP contribution is -2.38. The number of hydrogen-bond acceptors (Lipinski definition) is 3. The average molecular weight is 217 g/mol. The predicted octanol–water partition coefficient (Wildman–Crippen LogP) is 0.221. The van der Waals surface area contributed by atoms with Crippen molar-refractivity contribution in [2.45, 2.75) is 38.6 Å². The summed E-state index contributed by atoms with van der Waals surface area (Å²) in [5.41, 5.74) is 0. The van der Waals surface area contributed by atoms with E-state index in [4.69, 9.17) is 10.2 Å². The van der Waals surface area contributed by atoms with Gasteiger partial charge in [0.2, 0.25) is 5.91 Å². The van der Waals surface area contributed by atoms with Gasteiger partial charge in [-0.25, -0.2) is 0 Å². The van der Waals surface area contributed by atoms with E-state index in [0.717, 1.165) is 0 Å². The largest absolute Gasteiger partial charge is 0.481 e. The summed E-state index contributed by atoms with van der Waals surface area (Å²) in [5, 5.41) is 19.1. The van der Waals surface area contributed by atoms with E-state index in [9.17, 15) is 14.4 Å².